The molecule has 1 aliphatic heterocycles. The number of likely N-dealkylation sites (N-methyl/N-ethyl adjacent to an activating group) is 1. The molecule has 4 rings (SSSR count). The van der Waals surface area contributed by atoms with Crippen molar-refractivity contribution in [3.05, 3.63) is 58.7 Å². The number of anilines is 1. The summed E-state index contributed by atoms with van der Waals surface area (Å²) in [6.07, 6.45) is 1.48. The maximum absolute atomic E-state index is 12.7. The molecule has 10 nitrogen and oxygen atoms in total. The van der Waals surface area contributed by atoms with E-state index in [0.717, 1.165) is 5.56 Å². The number of amides is 2. The van der Waals surface area contributed by atoms with E-state index in [1.54, 1.807) is 17.8 Å². The zero-order valence-electron chi connectivity index (χ0n) is 14.8. The van der Waals surface area contributed by atoms with Gasteiger partial charge in [0, 0.05) is 13.1 Å². The predicted molar refractivity (Wildman–Crippen MR) is 102 cm³/mol. The molecule has 1 unspecified atom stereocenters. The molecule has 0 fully saturated rings. The van der Waals surface area contributed by atoms with Crippen molar-refractivity contribution in [2.45, 2.75) is 12.6 Å². The van der Waals surface area contributed by atoms with Crippen LogP contribution in [0.15, 0.2) is 47.3 Å². The van der Waals surface area contributed by atoms with Gasteiger partial charge in [-0.15, -0.1) is 10.2 Å². The third kappa shape index (κ3) is 3.60. The number of benzene rings is 1. The van der Waals surface area contributed by atoms with Crippen molar-refractivity contribution in [1.29, 1.82) is 0 Å². The normalized spacial score (nSPS) is 16.3. The first-order chi connectivity index (χ1) is 13.5. The van der Waals surface area contributed by atoms with Crippen LogP contribution >= 0.6 is 15.9 Å². The van der Waals surface area contributed by atoms with Crippen LogP contribution in [0.25, 0.3) is 0 Å². The van der Waals surface area contributed by atoms with Gasteiger partial charge >= 0.3 is 0 Å². The van der Waals surface area contributed by atoms with E-state index in [0.29, 0.717) is 17.0 Å². The second-order valence-corrected chi connectivity index (χ2v) is 6.98. The minimum absolute atomic E-state index is 0.0175. The Morgan fingerprint density at radius 1 is 1.32 bits per heavy atom. The molecule has 0 saturated heterocycles. The topological polar surface area (TPSA) is 107 Å². The molecule has 0 saturated carbocycles. The molecule has 1 aromatic carbocycles. The lowest BCUT2D eigenvalue weighted by Crippen LogP contribution is -2.49. The van der Waals surface area contributed by atoms with Crippen LogP contribution < -0.4 is 15.1 Å². The molecule has 3 aromatic rings. The van der Waals surface area contributed by atoms with Crippen LogP contribution in [0, 0.1) is 0 Å². The van der Waals surface area contributed by atoms with Crippen LogP contribution in [-0.4, -0.2) is 56.2 Å². The smallest absolute Gasteiger partial charge is 0.291 e. The van der Waals surface area contributed by atoms with E-state index in [2.05, 4.69) is 36.4 Å². The number of nitrogens with zero attached hydrogens (tertiary/aromatic N) is 6. The lowest BCUT2D eigenvalue weighted by molar-refractivity contribution is -0.120. The molecule has 0 spiro atoms. The zero-order valence-corrected chi connectivity index (χ0v) is 16.4. The Balaban J connectivity index is 1.44. The number of rotatable bonds is 4. The van der Waals surface area contributed by atoms with Gasteiger partial charge in [-0.25, -0.2) is 9.67 Å². The summed E-state index contributed by atoms with van der Waals surface area (Å²) in [5.41, 5.74) is 1.04. The van der Waals surface area contributed by atoms with Crippen molar-refractivity contribution in [2.75, 3.05) is 18.6 Å². The summed E-state index contributed by atoms with van der Waals surface area (Å²) >= 11 is 3.24. The van der Waals surface area contributed by atoms with Gasteiger partial charge in [0.15, 0.2) is 5.82 Å². The molecule has 1 atom stereocenters. The summed E-state index contributed by atoms with van der Waals surface area (Å²) < 4.78 is 2.10. The summed E-state index contributed by atoms with van der Waals surface area (Å²) in [7, 11) is 1.59. The zero-order chi connectivity index (χ0) is 19.7. The number of carbonyl (C=O) groups excluding carboxylic acids is 2. The van der Waals surface area contributed by atoms with Gasteiger partial charge in [-0.05, 0) is 21.5 Å². The average molecular weight is 446 g/mol. The summed E-state index contributed by atoms with van der Waals surface area (Å²) in [6, 6.07) is 10.5. The van der Waals surface area contributed by atoms with Crippen LogP contribution in [0.5, 0.6) is 0 Å². The van der Waals surface area contributed by atoms with Gasteiger partial charge in [-0.3, -0.25) is 14.5 Å². The molecule has 0 aliphatic carbocycles. The first-order valence-corrected chi connectivity index (χ1v) is 9.21. The van der Waals surface area contributed by atoms with E-state index >= 15 is 0 Å². The van der Waals surface area contributed by atoms with E-state index in [1.807, 2.05) is 30.3 Å². The third-order valence-electron chi connectivity index (χ3n) is 4.20. The molecule has 1 N–H and O–H groups in total. The minimum Gasteiger partial charge on any atom is -0.392 e. The van der Waals surface area contributed by atoms with Crippen LogP contribution in [0.3, 0.4) is 0 Å². The average Bonchev–Trinajstić information content (AvgIpc) is 3.28. The summed E-state index contributed by atoms with van der Waals surface area (Å²) in [4.78, 5) is 37.3. The van der Waals surface area contributed by atoms with E-state index in [9.17, 15) is 9.59 Å². The van der Waals surface area contributed by atoms with E-state index in [1.165, 1.54) is 16.1 Å². The van der Waals surface area contributed by atoms with Gasteiger partial charge in [-0.1, -0.05) is 35.2 Å². The lowest BCUT2D eigenvalue weighted by Gasteiger charge is -2.18. The second kappa shape index (κ2) is 7.43. The number of carbonyl (C=O) groups is 2. The quantitative estimate of drug-likeness (QED) is 0.625. The van der Waals surface area contributed by atoms with Crippen molar-refractivity contribution in [3.63, 3.8) is 0 Å². The van der Waals surface area contributed by atoms with Crippen molar-refractivity contribution in [1.82, 2.24) is 30.0 Å². The van der Waals surface area contributed by atoms with Crippen LogP contribution in [0.4, 0.5) is 5.82 Å². The molecule has 1 aliphatic rings. The molecule has 2 aromatic heterocycles. The molecule has 144 valence electrons. The Labute approximate surface area is 168 Å². The van der Waals surface area contributed by atoms with Gasteiger partial charge < -0.3 is 10.2 Å². The van der Waals surface area contributed by atoms with Gasteiger partial charge in [0.1, 0.15) is 23.6 Å². The molecule has 0 radical (unpaired) electrons. The first-order valence-electron chi connectivity index (χ1n) is 8.42. The second-order valence-electron chi connectivity index (χ2n) is 6.17. The van der Waals surface area contributed by atoms with Gasteiger partial charge in [-0.2, -0.15) is 0 Å². The highest BCUT2D eigenvalue weighted by atomic mass is 79.9. The third-order valence-corrected chi connectivity index (χ3v) is 4.59. The molecular weight excluding hydrogens is 430 g/mol. The summed E-state index contributed by atoms with van der Waals surface area (Å²) in [5, 5.41) is 10.9. The number of aromatic nitrogens is 5. The molecule has 2 amide bonds. The number of fused-ring (bicyclic) bond motifs is 1. The molecule has 3 heterocycles. The van der Waals surface area contributed by atoms with E-state index in [4.69, 9.17) is 4.84 Å². The highest BCUT2D eigenvalue weighted by Crippen LogP contribution is 2.20. The van der Waals surface area contributed by atoms with Crippen LogP contribution in [0.2, 0.25) is 0 Å². The number of hydrogen-bond donors (Lipinski definition) is 1. The SMILES string of the molecule is CN1C(=O)C(NC(=O)c2ncn(Cc3ccccc3)n2)COn2nc(Br)cc21. The van der Waals surface area contributed by atoms with E-state index in [-0.39, 0.29) is 18.3 Å². The van der Waals surface area contributed by atoms with E-state index < -0.39 is 11.9 Å². The Bertz CT molecular complexity index is 1020. The Hall–Kier alpha value is -3.21. The van der Waals surface area contributed by atoms with Crippen LogP contribution in [0.1, 0.15) is 16.2 Å². The summed E-state index contributed by atoms with van der Waals surface area (Å²) in [6.45, 7) is 0.423. The van der Waals surface area contributed by atoms with Crippen molar-refractivity contribution in [3.8, 4) is 0 Å². The molecule has 0 bridgehead atoms. The Morgan fingerprint density at radius 3 is 2.89 bits per heavy atom. The largest absolute Gasteiger partial charge is 0.392 e. The monoisotopic (exact) mass is 445 g/mol. The number of nitrogens with one attached hydrogen (secondary N) is 1. The fourth-order valence-electron chi connectivity index (χ4n) is 2.78. The van der Waals surface area contributed by atoms with Gasteiger partial charge in [0.2, 0.25) is 5.82 Å². The highest BCUT2D eigenvalue weighted by Gasteiger charge is 2.32. The fraction of sp³-hybridized carbons (Fsp3) is 0.235. The Kier molecular flexibility index (Phi) is 4.82. The summed E-state index contributed by atoms with van der Waals surface area (Å²) in [5.74, 6) is -0.443. The Morgan fingerprint density at radius 2 is 2.11 bits per heavy atom. The van der Waals surface area contributed by atoms with Crippen LogP contribution in [-0.2, 0) is 11.3 Å². The van der Waals surface area contributed by atoms with Gasteiger partial charge in [0.05, 0.1) is 6.54 Å². The maximum atomic E-state index is 12.7. The first kappa shape index (κ1) is 18.2. The minimum atomic E-state index is -0.890. The molecule has 28 heavy (non-hydrogen) atoms. The fourth-order valence-corrected chi connectivity index (χ4v) is 3.13. The lowest BCUT2D eigenvalue weighted by atomic mass is 10.2. The van der Waals surface area contributed by atoms with Gasteiger partial charge in [0.25, 0.3) is 11.8 Å². The molecular formula is C17H16BrN7O3. The van der Waals surface area contributed by atoms with Crippen molar-refractivity contribution >= 4 is 33.6 Å². The standard InChI is InChI=1S/C17H16BrN7O3/c1-23-14-7-13(18)21-25(14)28-9-12(17(23)27)20-16(26)15-19-10-24(22-15)8-11-5-3-2-4-6-11/h2-7,10,12H,8-9H2,1H3,(H,20,26). The van der Waals surface area contributed by atoms with Crippen molar-refractivity contribution < 1.29 is 14.4 Å². The maximum Gasteiger partial charge on any atom is 0.291 e. The number of hydrogen-bond acceptors (Lipinski definition) is 6. The molecule has 11 heteroatoms. The highest BCUT2D eigenvalue weighted by molar-refractivity contribution is 9.10. The predicted octanol–water partition coefficient (Wildman–Crippen LogP) is 0.489. The van der Waals surface area contributed by atoms with Crippen molar-refractivity contribution in [2.24, 2.45) is 0 Å². The number of halogens is 1.